The summed E-state index contributed by atoms with van der Waals surface area (Å²) in [6.07, 6.45) is -8.15. The molecule has 4 rings (SSSR count). The normalized spacial score (nSPS) is 18.8. The molecular weight excluding hydrogens is 600 g/mol. The first kappa shape index (κ1) is 32.7. The third kappa shape index (κ3) is 8.03. The van der Waals surface area contributed by atoms with Gasteiger partial charge in [0, 0.05) is 61.7 Å². The van der Waals surface area contributed by atoms with Crippen molar-refractivity contribution in [2.24, 2.45) is 5.92 Å². The number of aliphatic carboxylic acids is 1. The first-order valence-electron chi connectivity index (χ1n) is 13.7. The van der Waals surface area contributed by atoms with Gasteiger partial charge in [0.2, 0.25) is 5.91 Å². The Morgan fingerprint density at radius 2 is 1.58 bits per heavy atom. The molecule has 2 aliphatic heterocycles. The summed E-state index contributed by atoms with van der Waals surface area (Å²) in [5.41, 5.74) is -4.09. The van der Waals surface area contributed by atoms with E-state index < -0.39 is 51.7 Å². The molecule has 234 valence electrons. The Kier molecular flexibility index (Phi) is 10.3. The maximum Gasteiger partial charge on any atom is 0.418 e. The van der Waals surface area contributed by atoms with Crippen molar-refractivity contribution in [3.63, 3.8) is 0 Å². The number of piperazine rings is 1. The van der Waals surface area contributed by atoms with Crippen LogP contribution in [-0.4, -0.2) is 84.3 Å². The SMILES string of the molecule is O=C(O)C1CCCN(c2ccccc2Sc2ccc(/C=C/C(=O)N3CCN(CCO)CC3)c(C(F)(F)F)c2C(F)(F)F)C1. The lowest BCUT2D eigenvalue weighted by Gasteiger charge is -2.34. The molecule has 2 aromatic carbocycles. The number of carboxylic acid groups (broad SMARTS) is 1. The molecule has 43 heavy (non-hydrogen) atoms. The van der Waals surface area contributed by atoms with Gasteiger partial charge in [-0.15, -0.1) is 0 Å². The molecule has 1 amide bonds. The Morgan fingerprint density at radius 3 is 2.21 bits per heavy atom. The minimum absolute atomic E-state index is 0.0566. The first-order chi connectivity index (χ1) is 20.3. The highest BCUT2D eigenvalue weighted by Gasteiger charge is 2.46. The van der Waals surface area contributed by atoms with Gasteiger partial charge in [0.25, 0.3) is 0 Å². The number of aliphatic hydroxyl groups excluding tert-OH is 1. The van der Waals surface area contributed by atoms with Crippen molar-refractivity contribution >= 4 is 35.4 Å². The van der Waals surface area contributed by atoms with E-state index in [0.29, 0.717) is 56.5 Å². The Morgan fingerprint density at radius 1 is 0.907 bits per heavy atom. The van der Waals surface area contributed by atoms with E-state index in [-0.39, 0.29) is 31.1 Å². The average Bonchev–Trinajstić information content (AvgIpc) is 2.96. The molecule has 14 heteroatoms. The van der Waals surface area contributed by atoms with Crippen LogP contribution in [0, 0.1) is 5.92 Å². The van der Waals surface area contributed by atoms with Gasteiger partial charge in [0.1, 0.15) is 0 Å². The topological polar surface area (TPSA) is 84.3 Å². The van der Waals surface area contributed by atoms with Gasteiger partial charge in [-0.1, -0.05) is 30.0 Å². The van der Waals surface area contributed by atoms with Crippen LogP contribution in [-0.2, 0) is 21.9 Å². The number of amides is 1. The van der Waals surface area contributed by atoms with Gasteiger partial charge in [-0.25, -0.2) is 0 Å². The molecule has 2 aromatic rings. The van der Waals surface area contributed by atoms with Crippen LogP contribution in [0.1, 0.15) is 29.5 Å². The molecule has 0 aliphatic carbocycles. The standard InChI is InChI=1S/C29H31F6N3O4S/c30-28(31,32)25-19(8-10-24(40)37-14-12-36(13-15-37)16-17-39)7-9-23(26(25)29(33,34)35)43-22-6-2-1-5-21(22)38-11-3-4-20(18-38)27(41)42/h1-2,5-10,20,39H,3-4,11-18H2,(H,41,42)/b10-8+. The van der Waals surface area contributed by atoms with E-state index in [1.54, 1.807) is 23.1 Å². The van der Waals surface area contributed by atoms with Crippen LogP contribution in [0.15, 0.2) is 52.3 Å². The number of hydrogen-bond acceptors (Lipinski definition) is 6. The molecule has 0 aromatic heterocycles. The maximum absolute atomic E-state index is 14.4. The number of carbonyl (C=O) groups is 2. The number of alkyl halides is 6. The smallest absolute Gasteiger partial charge is 0.418 e. The van der Waals surface area contributed by atoms with Gasteiger partial charge in [-0.05, 0) is 42.7 Å². The number of halogens is 6. The van der Waals surface area contributed by atoms with Crippen molar-refractivity contribution in [2.45, 2.75) is 35.0 Å². The fourth-order valence-electron chi connectivity index (χ4n) is 5.33. The lowest BCUT2D eigenvalue weighted by atomic mass is 9.98. The second-order valence-electron chi connectivity index (χ2n) is 10.3. The largest absolute Gasteiger partial charge is 0.481 e. The number of nitrogens with zero attached hydrogens (tertiary/aromatic N) is 3. The van der Waals surface area contributed by atoms with Gasteiger partial charge in [-0.3, -0.25) is 14.5 Å². The molecule has 2 aliphatic rings. The predicted molar refractivity (Wildman–Crippen MR) is 149 cm³/mol. The number of carbonyl (C=O) groups excluding carboxylic acids is 1. The van der Waals surface area contributed by atoms with Crippen molar-refractivity contribution in [3.8, 4) is 0 Å². The monoisotopic (exact) mass is 631 g/mol. The third-order valence-electron chi connectivity index (χ3n) is 7.47. The number of carboxylic acids is 1. The van der Waals surface area contributed by atoms with Crippen molar-refractivity contribution in [1.29, 1.82) is 0 Å². The van der Waals surface area contributed by atoms with Gasteiger partial charge in [-0.2, -0.15) is 26.3 Å². The van der Waals surface area contributed by atoms with Gasteiger partial charge < -0.3 is 20.0 Å². The number of aliphatic hydroxyl groups is 1. The summed E-state index contributed by atoms with van der Waals surface area (Å²) in [4.78, 5) is 28.8. The number of β-amino-alcohol motifs (C(OH)–C–C–N with tert-alkyl or cyclic N) is 1. The number of rotatable bonds is 8. The molecule has 2 saturated heterocycles. The Labute approximate surface area is 248 Å². The zero-order valence-electron chi connectivity index (χ0n) is 23.0. The Balaban J connectivity index is 1.67. The van der Waals surface area contributed by atoms with Crippen LogP contribution < -0.4 is 4.90 Å². The Hall–Kier alpha value is -3.23. The van der Waals surface area contributed by atoms with Gasteiger partial charge >= 0.3 is 18.3 Å². The zero-order chi connectivity index (χ0) is 31.4. The van der Waals surface area contributed by atoms with E-state index in [0.717, 1.165) is 24.3 Å². The highest BCUT2D eigenvalue weighted by atomic mass is 32.2. The molecule has 2 N–H and O–H groups in total. The molecule has 2 heterocycles. The van der Waals surface area contributed by atoms with Crippen LogP contribution in [0.3, 0.4) is 0 Å². The van der Waals surface area contributed by atoms with Gasteiger partial charge in [0.05, 0.1) is 29.3 Å². The lowest BCUT2D eigenvalue weighted by molar-refractivity contribution is -0.163. The van der Waals surface area contributed by atoms with Crippen LogP contribution in [0.5, 0.6) is 0 Å². The summed E-state index contributed by atoms with van der Waals surface area (Å²) >= 11 is 0.530. The molecule has 0 radical (unpaired) electrons. The number of anilines is 1. The molecule has 1 unspecified atom stereocenters. The zero-order valence-corrected chi connectivity index (χ0v) is 23.8. The summed E-state index contributed by atoms with van der Waals surface area (Å²) < 4.78 is 86.1. The summed E-state index contributed by atoms with van der Waals surface area (Å²) in [6, 6.07) is 8.17. The molecule has 0 bridgehead atoms. The summed E-state index contributed by atoms with van der Waals surface area (Å²) in [5.74, 6) is -2.29. The second-order valence-corrected chi connectivity index (χ2v) is 11.4. The summed E-state index contributed by atoms with van der Waals surface area (Å²) in [7, 11) is 0. The van der Waals surface area contributed by atoms with E-state index in [1.807, 2.05) is 4.90 Å². The fraction of sp³-hybridized carbons (Fsp3) is 0.448. The fourth-order valence-corrected chi connectivity index (χ4v) is 6.47. The third-order valence-corrected chi connectivity index (χ3v) is 8.59. The molecule has 7 nitrogen and oxygen atoms in total. The molecular formula is C29H31F6N3O4S. The van der Waals surface area contributed by atoms with Crippen LogP contribution >= 0.6 is 11.8 Å². The van der Waals surface area contributed by atoms with E-state index in [1.165, 1.54) is 11.0 Å². The van der Waals surface area contributed by atoms with Crippen molar-refractivity contribution < 1.29 is 46.1 Å². The predicted octanol–water partition coefficient (Wildman–Crippen LogP) is 5.33. The lowest BCUT2D eigenvalue weighted by Crippen LogP contribution is -2.48. The maximum atomic E-state index is 14.4. The molecule has 2 fully saturated rings. The van der Waals surface area contributed by atoms with Crippen LogP contribution in [0.2, 0.25) is 0 Å². The molecule has 0 spiro atoms. The Bertz CT molecular complexity index is 1340. The van der Waals surface area contributed by atoms with E-state index in [9.17, 15) is 41.0 Å². The van der Waals surface area contributed by atoms with Crippen LogP contribution in [0.25, 0.3) is 6.08 Å². The van der Waals surface area contributed by atoms with Gasteiger partial charge in [0.15, 0.2) is 0 Å². The minimum Gasteiger partial charge on any atom is -0.481 e. The molecule has 1 atom stereocenters. The van der Waals surface area contributed by atoms with E-state index in [2.05, 4.69) is 0 Å². The average molecular weight is 632 g/mol. The highest BCUT2D eigenvalue weighted by Crippen LogP contribution is 2.49. The van der Waals surface area contributed by atoms with E-state index in [4.69, 9.17) is 5.11 Å². The minimum atomic E-state index is -5.39. The van der Waals surface area contributed by atoms with Crippen molar-refractivity contribution in [2.75, 3.05) is 57.3 Å². The van der Waals surface area contributed by atoms with Crippen LogP contribution in [0.4, 0.5) is 32.0 Å². The number of benzene rings is 2. The van der Waals surface area contributed by atoms with Crippen molar-refractivity contribution in [3.05, 3.63) is 59.2 Å². The summed E-state index contributed by atoms with van der Waals surface area (Å²) in [6.45, 7) is 2.38. The number of hydrogen-bond donors (Lipinski definition) is 2. The summed E-state index contributed by atoms with van der Waals surface area (Å²) in [5, 5.41) is 18.5. The highest BCUT2D eigenvalue weighted by molar-refractivity contribution is 7.99. The first-order valence-corrected chi connectivity index (χ1v) is 14.5. The quantitative estimate of drug-likeness (QED) is 0.301. The molecule has 0 saturated carbocycles. The second kappa shape index (κ2) is 13.6. The van der Waals surface area contributed by atoms with E-state index >= 15 is 0 Å². The number of piperidine rings is 1. The van der Waals surface area contributed by atoms with Crippen molar-refractivity contribution in [1.82, 2.24) is 9.80 Å². The number of para-hydroxylation sites is 1.